The largest absolute Gasteiger partial charge is 0.396 e. The van der Waals surface area contributed by atoms with E-state index in [9.17, 15) is 9.90 Å². The fourth-order valence-electron chi connectivity index (χ4n) is 4.54. The van der Waals surface area contributed by atoms with Crippen LogP contribution in [-0.2, 0) is 4.79 Å². The van der Waals surface area contributed by atoms with Gasteiger partial charge in [0.25, 0.3) is 0 Å². The van der Waals surface area contributed by atoms with Crippen LogP contribution in [0, 0.1) is 29.1 Å². The Hall–Kier alpha value is -0.370. The highest BCUT2D eigenvalue weighted by atomic mass is 16.3. The van der Waals surface area contributed by atoms with Gasteiger partial charge in [-0.05, 0) is 48.9 Å². The zero-order chi connectivity index (χ0) is 16.2. The van der Waals surface area contributed by atoms with Gasteiger partial charge in [-0.2, -0.15) is 0 Å². The first-order chi connectivity index (χ1) is 10.4. The maximum atomic E-state index is 12.7. The van der Waals surface area contributed by atoms with E-state index in [-0.39, 0.29) is 18.4 Å². The van der Waals surface area contributed by atoms with Crippen molar-refractivity contribution < 1.29 is 9.90 Å². The molecule has 2 aliphatic carbocycles. The van der Waals surface area contributed by atoms with Crippen LogP contribution >= 0.6 is 0 Å². The fourth-order valence-corrected chi connectivity index (χ4v) is 4.54. The summed E-state index contributed by atoms with van der Waals surface area (Å²) in [5.74, 6) is 2.13. The Bertz CT molecular complexity index is 349. The fraction of sp³-hybridized carbons (Fsp3) is 0.950. The molecular weight excluding hydrogens is 272 g/mol. The van der Waals surface area contributed by atoms with Gasteiger partial charge in [0, 0.05) is 18.9 Å². The summed E-state index contributed by atoms with van der Waals surface area (Å²) in [7, 11) is 0. The average molecular weight is 309 g/mol. The smallest absolute Gasteiger partial charge is 0.136 e. The molecule has 22 heavy (non-hydrogen) atoms. The second kappa shape index (κ2) is 7.95. The topological polar surface area (TPSA) is 37.3 Å². The van der Waals surface area contributed by atoms with Crippen LogP contribution in [0.15, 0.2) is 0 Å². The van der Waals surface area contributed by atoms with Crippen LogP contribution in [0.3, 0.4) is 0 Å². The number of carbonyl (C=O) groups is 1. The van der Waals surface area contributed by atoms with Gasteiger partial charge in [0.2, 0.25) is 0 Å². The molecule has 0 aromatic carbocycles. The number of carbonyl (C=O) groups excluding carboxylic acids is 1. The van der Waals surface area contributed by atoms with Gasteiger partial charge in [-0.3, -0.25) is 4.79 Å². The Morgan fingerprint density at radius 2 is 1.73 bits per heavy atom. The zero-order valence-electron chi connectivity index (χ0n) is 14.9. The number of hydrogen-bond acceptors (Lipinski definition) is 2. The van der Waals surface area contributed by atoms with Crippen LogP contribution in [0.4, 0.5) is 0 Å². The summed E-state index contributed by atoms with van der Waals surface area (Å²) in [5.41, 5.74) is 0.374. The molecule has 0 aromatic heterocycles. The van der Waals surface area contributed by atoms with Crippen LogP contribution in [-0.4, -0.2) is 17.5 Å². The quantitative estimate of drug-likeness (QED) is 0.751. The summed E-state index contributed by atoms with van der Waals surface area (Å²) in [5, 5.41) is 9.68. The van der Waals surface area contributed by atoms with E-state index in [1.165, 1.54) is 44.9 Å². The predicted molar refractivity (Wildman–Crippen MR) is 91.7 cm³/mol. The lowest BCUT2D eigenvalue weighted by Crippen LogP contribution is -2.24. The number of aliphatic hydroxyl groups is 1. The molecule has 0 spiro atoms. The van der Waals surface area contributed by atoms with Gasteiger partial charge < -0.3 is 5.11 Å². The number of aliphatic hydroxyl groups excluding tert-OH is 1. The average Bonchev–Trinajstić information content (AvgIpc) is 2.89. The molecule has 0 aromatic rings. The molecule has 128 valence electrons. The molecule has 0 amide bonds. The second-order valence-electron chi connectivity index (χ2n) is 9.16. The van der Waals surface area contributed by atoms with Crippen molar-refractivity contribution in [3.63, 3.8) is 0 Å². The van der Waals surface area contributed by atoms with E-state index in [1.54, 1.807) is 0 Å². The Kier molecular flexibility index (Phi) is 6.49. The van der Waals surface area contributed by atoms with E-state index in [4.69, 9.17) is 0 Å². The summed E-state index contributed by atoms with van der Waals surface area (Å²) in [4.78, 5) is 12.7. The van der Waals surface area contributed by atoms with Gasteiger partial charge in [-0.1, -0.05) is 52.9 Å². The molecule has 1 N–H and O–H groups in total. The highest BCUT2D eigenvalue weighted by Gasteiger charge is 2.38. The van der Waals surface area contributed by atoms with Crippen molar-refractivity contribution in [3.05, 3.63) is 0 Å². The van der Waals surface area contributed by atoms with Crippen molar-refractivity contribution in [2.75, 3.05) is 6.61 Å². The first-order valence-corrected chi connectivity index (χ1v) is 9.52. The lowest BCUT2D eigenvalue weighted by Gasteiger charge is -2.23. The third-order valence-corrected chi connectivity index (χ3v) is 5.96. The second-order valence-corrected chi connectivity index (χ2v) is 9.16. The molecule has 3 atom stereocenters. The highest BCUT2D eigenvalue weighted by molar-refractivity contribution is 5.81. The van der Waals surface area contributed by atoms with Crippen molar-refractivity contribution in [1.29, 1.82) is 0 Å². The van der Waals surface area contributed by atoms with Crippen LogP contribution < -0.4 is 0 Å². The molecule has 2 saturated carbocycles. The molecule has 2 heteroatoms. The molecule has 2 unspecified atom stereocenters. The Morgan fingerprint density at radius 3 is 2.32 bits per heavy atom. The molecule has 0 saturated heterocycles. The van der Waals surface area contributed by atoms with Crippen molar-refractivity contribution in [2.24, 2.45) is 29.1 Å². The van der Waals surface area contributed by atoms with Gasteiger partial charge in [0.1, 0.15) is 5.78 Å². The normalized spacial score (nSPS) is 30.6. The van der Waals surface area contributed by atoms with Crippen molar-refractivity contribution >= 4 is 5.78 Å². The van der Waals surface area contributed by atoms with Gasteiger partial charge in [-0.15, -0.1) is 0 Å². The number of hydrogen-bond donors (Lipinski definition) is 1. The van der Waals surface area contributed by atoms with Crippen molar-refractivity contribution in [3.8, 4) is 0 Å². The van der Waals surface area contributed by atoms with E-state index in [1.807, 2.05) is 0 Å². The number of rotatable bonds is 6. The summed E-state index contributed by atoms with van der Waals surface area (Å²) < 4.78 is 0. The molecule has 2 fully saturated rings. The van der Waals surface area contributed by atoms with Crippen LogP contribution in [0.1, 0.15) is 85.0 Å². The Balaban J connectivity index is 1.84. The van der Waals surface area contributed by atoms with E-state index in [0.29, 0.717) is 23.0 Å². The Morgan fingerprint density at radius 1 is 1.05 bits per heavy atom. The maximum Gasteiger partial charge on any atom is 0.136 e. The SMILES string of the molecule is CC(C)(C)CCC1CC(C(=O)CC2CCCCC2)[C@H](CO)C1. The standard InChI is InChI=1S/C20H36O2/c1-20(2,3)10-9-16-11-17(14-21)18(12-16)19(22)13-15-7-5-4-6-8-15/h15-18,21H,4-14H2,1-3H3/t16?,17-,18?/m0/s1. The highest BCUT2D eigenvalue weighted by Crippen LogP contribution is 2.42. The zero-order valence-corrected chi connectivity index (χ0v) is 14.9. The molecule has 0 aliphatic heterocycles. The molecule has 0 bridgehead atoms. The molecule has 2 nitrogen and oxygen atoms in total. The van der Waals surface area contributed by atoms with Gasteiger partial charge in [0.05, 0.1) is 0 Å². The molecule has 2 rings (SSSR count). The van der Waals surface area contributed by atoms with E-state index >= 15 is 0 Å². The monoisotopic (exact) mass is 308 g/mol. The predicted octanol–water partition coefficient (Wildman–Crippen LogP) is 4.99. The molecule has 2 aliphatic rings. The minimum atomic E-state index is 0.150. The minimum absolute atomic E-state index is 0.150. The minimum Gasteiger partial charge on any atom is -0.396 e. The Labute approximate surface area is 137 Å². The van der Waals surface area contributed by atoms with Crippen LogP contribution in [0.5, 0.6) is 0 Å². The van der Waals surface area contributed by atoms with Gasteiger partial charge >= 0.3 is 0 Å². The number of ketones is 1. The third-order valence-electron chi connectivity index (χ3n) is 5.96. The summed E-state index contributed by atoms with van der Waals surface area (Å²) >= 11 is 0. The van der Waals surface area contributed by atoms with E-state index in [2.05, 4.69) is 20.8 Å². The summed E-state index contributed by atoms with van der Waals surface area (Å²) in [6.45, 7) is 7.07. The first-order valence-electron chi connectivity index (χ1n) is 9.52. The lowest BCUT2D eigenvalue weighted by molar-refractivity contribution is -0.125. The van der Waals surface area contributed by atoms with Gasteiger partial charge in [-0.25, -0.2) is 0 Å². The van der Waals surface area contributed by atoms with E-state index in [0.717, 1.165) is 19.3 Å². The van der Waals surface area contributed by atoms with Crippen LogP contribution in [0.25, 0.3) is 0 Å². The van der Waals surface area contributed by atoms with E-state index < -0.39 is 0 Å². The summed E-state index contributed by atoms with van der Waals surface area (Å²) in [6, 6.07) is 0. The maximum absolute atomic E-state index is 12.7. The summed E-state index contributed by atoms with van der Waals surface area (Å²) in [6.07, 6.45) is 11.8. The van der Waals surface area contributed by atoms with Crippen molar-refractivity contribution in [2.45, 2.75) is 85.0 Å². The third kappa shape index (κ3) is 5.37. The first kappa shape index (κ1) is 18.0. The lowest BCUT2D eigenvalue weighted by atomic mass is 9.81. The molecule has 0 radical (unpaired) electrons. The number of Topliss-reactive ketones (excluding diaryl/α,β-unsaturated/α-hetero) is 1. The van der Waals surface area contributed by atoms with Crippen LogP contribution in [0.2, 0.25) is 0 Å². The van der Waals surface area contributed by atoms with Crippen molar-refractivity contribution in [1.82, 2.24) is 0 Å². The van der Waals surface area contributed by atoms with Gasteiger partial charge in [0.15, 0.2) is 0 Å². The molecule has 0 heterocycles. The molecular formula is C20H36O2.